The van der Waals surface area contributed by atoms with E-state index in [-0.39, 0.29) is 6.04 Å². The van der Waals surface area contributed by atoms with Crippen LogP contribution in [0.15, 0.2) is 48.5 Å². The Kier molecular flexibility index (Phi) is 5.64. The largest absolute Gasteiger partial charge is 0.497 e. The summed E-state index contributed by atoms with van der Waals surface area (Å²) >= 11 is 0. The van der Waals surface area contributed by atoms with E-state index in [2.05, 4.69) is 43.4 Å². The molecule has 21 heavy (non-hydrogen) atoms. The number of hydrogen-bond donors (Lipinski definition) is 1. The zero-order valence-corrected chi connectivity index (χ0v) is 12.9. The maximum Gasteiger partial charge on any atom is 0.119 e. The number of rotatable bonds is 7. The van der Waals surface area contributed by atoms with Crippen molar-refractivity contribution in [2.45, 2.75) is 19.9 Å². The summed E-state index contributed by atoms with van der Waals surface area (Å²) in [4.78, 5) is 0. The summed E-state index contributed by atoms with van der Waals surface area (Å²) in [5.41, 5.74) is 2.40. The van der Waals surface area contributed by atoms with E-state index in [0.717, 1.165) is 18.0 Å². The van der Waals surface area contributed by atoms with Crippen molar-refractivity contribution in [3.8, 4) is 11.5 Å². The molecular formula is C18H23NO2. The van der Waals surface area contributed by atoms with Crippen molar-refractivity contribution in [2.75, 3.05) is 20.3 Å². The molecule has 0 heterocycles. The highest BCUT2D eigenvalue weighted by Gasteiger charge is 2.11. The highest BCUT2D eigenvalue weighted by atomic mass is 16.5. The Hall–Kier alpha value is -2.00. The van der Waals surface area contributed by atoms with Crippen LogP contribution in [0.4, 0.5) is 0 Å². The smallest absolute Gasteiger partial charge is 0.119 e. The quantitative estimate of drug-likeness (QED) is 0.840. The molecule has 0 aliphatic carbocycles. The van der Waals surface area contributed by atoms with Crippen LogP contribution in [0.5, 0.6) is 11.5 Å². The molecule has 2 aromatic rings. The average molecular weight is 285 g/mol. The molecule has 3 nitrogen and oxygen atoms in total. The predicted octanol–water partition coefficient (Wildman–Crippen LogP) is 3.73. The third-order valence-electron chi connectivity index (χ3n) is 3.37. The molecule has 0 aliphatic rings. The van der Waals surface area contributed by atoms with E-state index in [1.165, 1.54) is 11.1 Å². The highest BCUT2D eigenvalue weighted by Crippen LogP contribution is 2.20. The average Bonchev–Trinajstić information content (AvgIpc) is 2.52. The minimum atomic E-state index is 0.168. The highest BCUT2D eigenvalue weighted by molar-refractivity contribution is 5.30. The van der Waals surface area contributed by atoms with Crippen LogP contribution in [0, 0.1) is 6.92 Å². The second kappa shape index (κ2) is 7.70. The van der Waals surface area contributed by atoms with Crippen LogP contribution < -0.4 is 14.8 Å². The van der Waals surface area contributed by atoms with Crippen LogP contribution >= 0.6 is 0 Å². The first kappa shape index (κ1) is 15.4. The molecule has 0 amide bonds. The van der Waals surface area contributed by atoms with Gasteiger partial charge in [0.25, 0.3) is 0 Å². The van der Waals surface area contributed by atoms with E-state index in [9.17, 15) is 0 Å². The molecule has 0 bridgehead atoms. The number of likely N-dealkylation sites (N-methyl/N-ethyl adjacent to an activating group) is 1. The summed E-state index contributed by atoms with van der Waals surface area (Å²) in [5.74, 6) is 1.78. The van der Waals surface area contributed by atoms with Crippen molar-refractivity contribution >= 4 is 0 Å². The van der Waals surface area contributed by atoms with Gasteiger partial charge in [-0.05, 0) is 48.9 Å². The Labute approximate surface area is 126 Å². The molecular weight excluding hydrogens is 262 g/mol. The Morgan fingerprint density at radius 3 is 2.43 bits per heavy atom. The summed E-state index contributed by atoms with van der Waals surface area (Å²) in [6.07, 6.45) is 0. The summed E-state index contributed by atoms with van der Waals surface area (Å²) < 4.78 is 11.1. The molecule has 2 rings (SSSR count). The van der Waals surface area contributed by atoms with Crippen LogP contribution in [-0.2, 0) is 0 Å². The number of ether oxygens (including phenoxy) is 2. The lowest BCUT2D eigenvalue weighted by Gasteiger charge is -2.19. The fourth-order valence-electron chi connectivity index (χ4n) is 2.24. The molecule has 112 valence electrons. The van der Waals surface area contributed by atoms with Gasteiger partial charge in [0.15, 0.2) is 0 Å². The lowest BCUT2D eigenvalue weighted by Crippen LogP contribution is -2.26. The van der Waals surface area contributed by atoms with Crippen molar-refractivity contribution in [3.63, 3.8) is 0 Å². The van der Waals surface area contributed by atoms with E-state index >= 15 is 0 Å². The van der Waals surface area contributed by atoms with Crippen LogP contribution in [-0.4, -0.2) is 20.3 Å². The second-order valence-electron chi connectivity index (χ2n) is 5.01. The van der Waals surface area contributed by atoms with E-state index in [4.69, 9.17) is 9.47 Å². The van der Waals surface area contributed by atoms with Crippen LogP contribution in [0.3, 0.4) is 0 Å². The molecule has 1 atom stereocenters. The van der Waals surface area contributed by atoms with Gasteiger partial charge in [-0.3, -0.25) is 0 Å². The molecule has 0 aromatic heterocycles. The van der Waals surface area contributed by atoms with E-state index in [1.807, 2.05) is 24.3 Å². The standard InChI is InChI=1S/C18H23NO2/c1-4-19-18(15-8-10-16(20-3)11-9-15)13-21-17-7-5-6-14(2)12-17/h5-12,18-19H,4,13H2,1-3H3. The maximum atomic E-state index is 5.92. The summed E-state index contributed by atoms with van der Waals surface area (Å²) in [7, 11) is 1.68. The number of methoxy groups -OCH3 is 1. The maximum absolute atomic E-state index is 5.92. The molecule has 0 aliphatic heterocycles. The van der Waals surface area contributed by atoms with Crippen molar-refractivity contribution in [1.82, 2.24) is 5.32 Å². The number of hydrogen-bond acceptors (Lipinski definition) is 3. The topological polar surface area (TPSA) is 30.5 Å². The summed E-state index contributed by atoms with van der Waals surface area (Å²) in [5, 5.41) is 3.46. The Morgan fingerprint density at radius 1 is 1.05 bits per heavy atom. The third kappa shape index (κ3) is 4.50. The van der Waals surface area contributed by atoms with Crippen molar-refractivity contribution < 1.29 is 9.47 Å². The van der Waals surface area contributed by atoms with Gasteiger partial charge in [0.2, 0.25) is 0 Å². The van der Waals surface area contributed by atoms with Gasteiger partial charge in [-0.1, -0.05) is 31.2 Å². The fourth-order valence-corrected chi connectivity index (χ4v) is 2.24. The fraction of sp³-hybridized carbons (Fsp3) is 0.333. The minimum Gasteiger partial charge on any atom is -0.497 e. The van der Waals surface area contributed by atoms with E-state index < -0.39 is 0 Å². The van der Waals surface area contributed by atoms with Crippen molar-refractivity contribution in [1.29, 1.82) is 0 Å². The first-order chi connectivity index (χ1) is 10.2. The van der Waals surface area contributed by atoms with Gasteiger partial charge in [-0.2, -0.15) is 0 Å². The molecule has 0 saturated carbocycles. The van der Waals surface area contributed by atoms with Crippen LogP contribution in [0.25, 0.3) is 0 Å². The Morgan fingerprint density at radius 2 is 1.81 bits per heavy atom. The molecule has 0 spiro atoms. The Bertz CT molecular complexity index is 551. The van der Waals surface area contributed by atoms with Gasteiger partial charge in [-0.25, -0.2) is 0 Å². The zero-order valence-electron chi connectivity index (χ0n) is 12.9. The first-order valence-corrected chi connectivity index (χ1v) is 7.29. The molecule has 0 fully saturated rings. The second-order valence-corrected chi connectivity index (χ2v) is 5.01. The molecule has 2 aromatic carbocycles. The van der Waals surface area contributed by atoms with Gasteiger partial charge >= 0.3 is 0 Å². The normalized spacial score (nSPS) is 12.0. The van der Waals surface area contributed by atoms with Gasteiger partial charge in [-0.15, -0.1) is 0 Å². The monoisotopic (exact) mass is 285 g/mol. The minimum absolute atomic E-state index is 0.168. The van der Waals surface area contributed by atoms with Gasteiger partial charge < -0.3 is 14.8 Å². The molecule has 1 unspecified atom stereocenters. The van der Waals surface area contributed by atoms with E-state index in [1.54, 1.807) is 7.11 Å². The summed E-state index contributed by atoms with van der Waals surface area (Å²) in [6, 6.07) is 16.4. The van der Waals surface area contributed by atoms with Gasteiger partial charge in [0.1, 0.15) is 18.1 Å². The first-order valence-electron chi connectivity index (χ1n) is 7.29. The van der Waals surface area contributed by atoms with Crippen molar-refractivity contribution in [3.05, 3.63) is 59.7 Å². The molecule has 0 saturated heterocycles. The molecule has 3 heteroatoms. The van der Waals surface area contributed by atoms with Gasteiger partial charge in [0.05, 0.1) is 13.2 Å². The van der Waals surface area contributed by atoms with Crippen molar-refractivity contribution in [2.24, 2.45) is 0 Å². The Balaban J connectivity index is 2.04. The predicted molar refractivity (Wildman–Crippen MR) is 86.1 cm³/mol. The number of benzene rings is 2. The SMILES string of the molecule is CCNC(COc1cccc(C)c1)c1ccc(OC)cc1. The molecule has 0 radical (unpaired) electrons. The summed E-state index contributed by atoms with van der Waals surface area (Å²) in [6.45, 7) is 5.67. The third-order valence-corrected chi connectivity index (χ3v) is 3.37. The van der Waals surface area contributed by atoms with Crippen LogP contribution in [0.1, 0.15) is 24.1 Å². The van der Waals surface area contributed by atoms with Gasteiger partial charge in [0, 0.05) is 0 Å². The lowest BCUT2D eigenvalue weighted by molar-refractivity contribution is 0.268. The number of aryl methyl sites for hydroxylation is 1. The van der Waals surface area contributed by atoms with Crippen LogP contribution in [0.2, 0.25) is 0 Å². The van der Waals surface area contributed by atoms with E-state index in [0.29, 0.717) is 6.61 Å². The molecule has 1 N–H and O–H groups in total. The zero-order chi connectivity index (χ0) is 15.1. The lowest BCUT2D eigenvalue weighted by atomic mass is 10.1. The number of nitrogens with one attached hydrogen (secondary N) is 1.